The van der Waals surface area contributed by atoms with E-state index in [-0.39, 0.29) is 17.1 Å². The van der Waals surface area contributed by atoms with Crippen molar-refractivity contribution in [2.45, 2.75) is 24.8 Å². The first-order valence-electron chi connectivity index (χ1n) is 5.65. The number of pyridine rings is 1. The van der Waals surface area contributed by atoms with E-state index >= 15 is 0 Å². The van der Waals surface area contributed by atoms with E-state index < -0.39 is 10.0 Å². The zero-order valence-corrected chi connectivity index (χ0v) is 12.0. The van der Waals surface area contributed by atoms with Crippen LogP contribution in [0.25, 0.3) is 0 Å². The fraction of sp³-hybridized carbons (Fsp3) is 0.273. The molecule has 2 rings (SSSR count). The lowest BCUT2D eigenvalue weighted by atomic mass is 10.4. The smallest absolute Gasteiger partial charge is 0.244 e. The zero-order valence-electron chi connectivity index (χ0n) is 10.3. The third kappa shape index (κ3) is 3.28. The van der Waals surface area contributed by atoms with Gasteiger partial charge in [0, 0.05) is 23.5 Å². The second-order valence-electron chi connectivity index (χ2n) is 3.81. The van der Waals surface area contributed by atoms with Crippen LogP contribution in [0.4, 0.5) is 5.69 Å². The summed E-state index contributed by atoms with van der Waals surface area (Å²) in [5.74, 6) is 0. The molecule has 0 saturated heterocycles. The molecule has 2 aromatic heterocycles. The van der Waals surface area contributed by atoms with E-state index in [0.717, 1.165) is 16.3 Å². The van der Waals surface area contributed by atoms with Gasteiger partial charge in [-0.15, -0.1) is 11.3 Å². The molecule has 2 aromatic rings. The molecule has 0 aromatic carbocycles. The molecular weight excluding hydrogens is 284 g/mol. The summed E-state index contributed by atoms with van der Waals surface area (Å²) in [6, 6.07) is 1.45. The van der Waals surface area contributed by atoms with Crippen LogP contribution in [0.2, 0.25) is 0 Å². The van der Waals surface area contributed by atoms with Gasteiger partial charge in [-0.2, -0.15) is 0 Å². The van der Waals surface area contributed by atoms with Gasteiger partial charge < -0.3 is 5.73 Å². The molecule has 102 valence electrons. The van der Waals surface area contributed by atoms with Crippen molar-refractivity contribution in [3.63, 3.8) is 0 Å². The number of nitrogens with one attached hydrogen (secondary N) is 1. The molecular formula is C11H14N4O2S2. The van der Waals surface area contributed by atoms with Crippen LogP contribution in [0.3, 0.4) is 0 Å². The highest BCUT2D eigenvalue weighted by atomic mass is 32.2. The molecule has 0 aliphatic carbocycles. The van der Waals surface area contributed by atoms with Gasteiger partial charge in [0.05, 0.1) is 12.2 Å². The number of aryl methyl sites for hydroxylation is 1. The minimum absolute atomic E-state index is 0.0118. The summed E-state index contributed by atoms with van der Waals surface area (Å²) in [7, 11) is -3.66. The van der Waals surface area contributed by atoms with Crippen molar-refractivity contribution in [2.24, 2.45) is 0 Å². The molecule has 0 bridgehead atoms. The highest BCUT2D eigenvalue weighted by molar-refractivity contribution is 7.89. The Labute approximate surface area is 115 Å². The van der Waals surface area contributed by atoms with E-state index in [9.17, 15) is 8.42 Å². The molecule has 19 heavy (non-hydrogen) atoms. The maximum atomic E-state index is 12.0. The first-order chi connectivity index (χ1) is 9.03. The van der Waals surface area contributed by atoms with Crippen molar-refractivity contribution in [3.05, 3.63) is 34.5 Å². The summed E-state index contributed by atoms with van der Waals surface area (Å²) in [5.41, 5.74) is 5.81. The van der Waals surface area contributed by atoms with Crippen molar-refractivity contribution in [3.8, 4) is 0 Å². The van der Waals surface area contributed by atoms with E-state index in [0.29, 0.717) is 0 Å². The Morgan fingerprint density at radius 3 is 2.84 bits per heavy atom. The number of anilines is 1. The standard InChI is InChI=1S/C11H14N4O2S2/c1-2-8-5-14-11(18-8)7-15-19(16,17)10-6-13-4-3-9(10)12/h3-6,15H,2,7H2,1H3,(H2,12,13). The topological polar surface area (TPSA) is 98.0 Å². The fourth-order valence-corrected chi connectivity index (χ4v) is 3.40. The summed E-state index contributed by atoms with van der Waals surface area (Å²) in [6.07, 6.45) is 5.33. The lowest BCUT2D eigenvalue weighted by Gasteiger charge is -2.06. The summed E-state index contributed by atoms with van der Waals surface area (Å²) in [5, 5.41) is 0.725. The minimum atomic E-state index is -3.66. The van der Waals surface area contributed by atoms with Crippen molar-refractivity contribution < 1.29 is 8.42 Å². The van der Waals surface area contributed by atoms with Crippen LogP contribution in [0, 0.1) is 0 Å². The number of thiazole rings is 1. The molecule has 0 amide bonds. The van der Waals surface area contributed by atoms with Crippen LogP contribution in [0.15, 0.2) is 29.6 Å². The number of hydrogen-bond acceptors (Lipinski definition) is 6. The van der Waals surface area contributed by atoms with E-state index in [4.69, 9.17) is 5.73 Å². The SMILES string of the molecule is CCc1cnc(CNS(=O)(=O)c2cnccc2N)s1. The predicted octanol–water partition coefficient (Wildman–Crippen LogP) is 1.16. The van der Waals surface area contributed by atoms with E-state index in [1.807, 2.05) is 6.92 Å². The molecule has 0 atom stereocenters. The first-order valence-corrected chi connectivity index (χ1v) is 7.95. The molecule has 8 heteroatoms. The number of nitrogen functional groups attached to an aromatic ring is 1. The van der Waals surface area contributed by atoms with Crippen LogP contribution >= 0.6 is 11.3 Å². The lowest BCUT2D eigenvalue weighted by molar-refractivity contribution is 0.581. The van der Waals surface area contributed by atoms with Gasteiger partial charge >= 0.3 is 0 Å². The van der Waals surface area contributed by atoms with Gasteiger partial charge in [-0.05, 0) is 12.5 Å². The average Bonchev–Trinajstić information content (AvgIpc) is 2.85. The quantitative estimate of drug-likeness (QED) is 0.863. The highest BCUT2D eigenvalue weighted by Crippen LogP contribution is 2.17. The third-order valence-corrected chi connectivity index (χ3v) is 5.06. The number of sulfonamides is 1. The molecule has 0 radical (unpaired) electrons. The number of nitrogens with two attached hydrogens (primary N) is 1. The van der Waals surface area contributed by atoms with Crippen LogP contribution in [0.1, 0.15) is 16.8 Å². The van der Waals surface area contributed by atoms with Gasteiger partial charge in [0.25, 0.3) is 0 Å². The Morgan fingerprint density at radius 1 is 1.42 bits per heavy atom. The van der Waals surface area contributed by atoms with Gasteiger partial charge in [0.15, 0.2) is 0 Å². The molecule has 0 spiro atoms. The lowest BCUT2D eigenvalue weighted by Crippen LogP contribution is -2.24. The third-order valence-electron chi connectivity index (χ3n) is 2.47. The molecule has 2 heterocycles. The Morgan fingerprint density at radius 2 is 2.21 bits per heavy atom. The summed E-state index contributed by atoms with van der Waals surface area (Å²) in [4.78, 5) is 9.03. The number of rotatable bonds is 5. The van der Waals surface area contributed by atoms with Crippen molar-refractivity contribution >= 4 is 27.0 Å². The monoisotopic (exact) mass is 298 g/mol. The van der Waals surface area contributed by atoms with Gasteiger partial charge in [-0.1, -0.05) is 6.92 Å². The Hall–Kier alpha value is -1.51. The molecule has 0 aliphatic heterocycles. The molecule has 0 aliphatic rings. The Bertz CT molecular complexity index is 667. The van der Waals surface area contributed by atoms with Crippen LogP contribution in [-0.2, 0) is 23.0 Å². The fourth-order valence-electron chi connectivity index (χ4n) is 1.44. The second kappa shape index (κ2) is 5.64. The summed E-state index contributed by atoms with van der Waals surface area (Å²) in [6.45, 7) is 2.18. The molecule has 0 fully saturated rings. The molecule has 6 nitrogen and oxygen atoms in total. The second-order valence-corrected chi connectivity index (χ2v) is 6.75. The minimum Gasteiger partial charge on any atom is -0.398 e. The van der Waals surface area contributed by atoms with Crippen molar-refractivity contribution in [1.29, 1.82) is 0 Å². The number of hydrogen-bond donors (Lipinski definition) is 2. The number of aromatic nitrogens is 2. The van der Waals surface area contributed by atoms with Crippen molar-refractivity contribution in [1.82, 2.24) is 14.7 Å². The average molecular weight is 298 g/mol. The van der Waals surface area contributed by atoms with Gasteiger partial charge in [-0.25, -0.2) is 18.1 Å². The largest absolute Gasteiger partial charge is 0.398 e. The normalized spacial score (nSPS) is 11.6. The molecule has 3 N–H and O–H groups in total. The summed E-state index contributed by atoms with van der Waals surface area (Å²) < 4.78 is 26.6. The van der Waals surface area contributed by atoms with E-state index in [1.165, 1.54) is 29.8 Å². The predicted molar refractivity (Wildman–Crippen MR) is 74.2 cm³/mol. The van der Waals surface area contributed by atoms with Crippen LogP contribution in [-0.4, -0.2) is 18.4 Å². The molecule has 0 saturated carbocycles. The van der Waals surface area contributed by atoms with E-state index in [1.54, 1.807) is 6.20 Å². The zero-order chi connectivity index (χ0) is 13.9. The first kappa shape index (κ1) is 13.9. The summed E-state index contributed by atoms with van der Waals surface area (Å²) >= 11 is 1.49. The van der Waals surface area contributed by atoms with Crippen LogP contribution < -0.4 is 10.5 Å². The van der Waals surface area contributed by atoms with Gasteiger partial charge in [0.2, 0.25) is 10.0 Å². The van der Waals surface area contributed by atoms with Crippen molar-refractivity contribution in [2.75, 3.05) is 5.73 Å². The maximum absolute atomic E-state index is 12.0. The maximum Gasteiger partial charge on any atom is 0.244 e. The Balaban J connectivity index is 2.12. The highest BCUT2D eigenvalue weighted by Gasteiger charge is 2.17. The van der Waals surface area contributed by atoms with Gasteiger partial charge in [-0.3, -0.25) is 4.98 Å². The van der Waals surface area contributed by atoms with Crippen LogP contribution in [0.5, 0.6) is 0 Å². The van der Waals surface area contributed by atoms with E-state index in [2.05, 4.69) is 14.7 Å². The molecule has 0 unspecified atom stereocenters. The Kier molecular flexibility index (Phi) is 4.13. The van der Waals surface area contributed by atoms with Gasteiger partial charge in [0.1, 0.15) is 9.90 Å². The number of nitrogens with zero attached hydrogens (tertiary/aromatic N) is 2.